The molecule has 0 saturated carbocycles. The molecule has 0 spiro atoms. The zero-order valence-corrected chi connectivity index (χ0v) is 16.3. The lowest BCUT2D eigenvalue weighted by Gasteiger charge is -2.22. The number of sulfonamides is 2. The van der Waals surface area contributed by atoms with Crippen LogP contribution in [0.25, 0.3) is 0 Å². The summed E-state index contributed by atoms with van der Waals surface area (Å²) >= 11 is 1.07. The highest BCUT2D eigenvalue weighted by Gasteiger charge is 2.29. The molecule has 0 atom stereocenters. The van der Waals surface area contributed by atoms with Crippen LogP contribution in [-0.2, 0) is 31.4 Å². The van der Waals surface area contributed by atoms with Gasteiger partial charge in [0.25, 0.3) is 10.0 Å². The molecule has 138 valence electrons. The molecule has 0 unspecified atom stereocenters. The highest BCUT2D eigenvalue weighted by molar-refractivity contribution is 8.04. The van der Waals surface area contributed by atoms with E-state index in [1.165, 1.54) is 24.3 Å². The molecule has 0 aliphatic heterocycles. The molecule has 0 aliphatic carbocycles. The quantitative estimate of drug-likeness (QED) is 0.695. The van der Waals surface area contributed by atoms with Crippen molar-refractivity contribution in [2.45, 2.75) is 42.9 Å². The SMILES string of the molecule is CCC(O)(CC)c1csc(CS(=O)(=O)NS(=O)(=O)c2ccccc2)n1. The van der Waals surface area contributed by atoms with Gasteiger partial charge < -0.3 is 5.11 Å². The number of hydrogen-bond acceptors (Lipinski definition) is 7. The Hall–Kier alpha value is -1.33. The summed E-state index contributed by atoms with van der Waals surface area (Å²) in [6, 6.07) is 7.26. The van der Waals surface area contributed by atoms with Crippen molar-refractivity contribution in [3.05, 3.63) is 46.4 Å². The van der Waals surface area contributed by atoms with E-state index in [1.807, 2.05) is 13.8 Å². The van der Waals surface area contributed by atoms with Crippen molar-refractivity contribution in [1.82, 2.24) is 9.11 Å². The fourth-order valence-corrected chi connectivity index (χ4v) is 6.48. The molecule has 0 amide bonds. The molecule has 25 heavy (non-hydrogen) atoms. The number of rotatable bonds is 8. The molecule has 0 saturated heterocycles. The van der Waals surface area contributed by atoms with E-state index in [0.717, 1.165) is 11.3 Å². The zero-order valence-electron chi connectivity index (χ0n) is 13.8. The lowest BCUT2D eigenvalue weighted by molar-refractivity contribution is 0.0245. The van der Waals surface area contributed by atoms with E-state index >= 15 is 0 Å². The van der Waals surface area contributed by atoms with Crippen molar-refractivity contribution in [2.75, 3.05) is 0 Å². The summed E-state index contributed by atoms with van der Waals surface area (Å²) in [4.78, 5) is 4.03. The average Bonchev–Trinajstić information content (AvgIpc) is 3.02. The van der Waals surface area contributed by atoms with Gasteiger partial charge in [-0.05, 0) is 25.0 Å². The second-order valence-corrected chi connectivity index (χ2v) is 10.1. The molecule has 0 fully saturated rings. The smallest absolute Gasteiger partial charge is 0.253 e. The molecule has 1 aromatic heterocycles. The van der Waals surface area contributed by atoms with Crippen LogP contribution in [0.5, 0.6) is 0 Å². The third kappa shape index (κ3) is 4.85. The van der Waals surface area contributed by atoms with Crippen LogP contribution in [0, 0.1) is 0 Å². The number of aromatic nitrogens is 1. The van der Waals surface area contributed by atoms with Gasteiger partial charge in [-0.25, -0.2) is 21.8 Å². The molecule has 2 rings (SSSR count). The van der Waals surface area contributed by atoms with Crippen LogP contribution in [0.1, 0.15) is 37.4 Å². The predicted molar refractivity (Wildman–Crippen MR) is 96.0 cm³/mol. The molecule has 1 heterocycles. The minimum Gasteiger partial charge on any atom is -0.384 e. The molecule has 1 aromatic carbocycles. The number of aliphatic hydroxyl groups is 1. The minimum absolute atomic E-state index is 0.134. The van der Waals surface area contributed by atoms with Crippen molar-refractivity contribution in [2.24, 2.45) is 0 Å². The zero-order chi connectivity index (χ0) is 18.7. The van der Waals surface area contributed by atoms with Crippen LogP contribution < -0.4 is 4.13 Å². The van der Waals surface area contributed by atoms with Crippen LogP contribution >= 0.6 is 11.3 Å². The molecule has 2 aromatic rings. The largest absolute Gasteiger partial charge is 0.384 e. The number of thiazole rings is 1. The van der Waals surface area contributed by atoms with Gasteiger partial charge in [-0.1, -0.05) is 32.0 Å². The Bertz CT molecular complexity index is 917. The van der Waals surface area contributed by atoms with E-state index in [4.69, 9.17) is 0 Å². The van der Waals surface area contributed by atoms with Crippen LogP contribution in [-0.4, -0.2) is 26.9 Å². The van der Waals surface area contributed by atoms with Gasteiger partial charge in [0.05, 0.1) is 10.6 Å². The summed E-state index contributed by atoms with van der Waals surface area (Å²) in [5.74, 6) is -0.576. The fourth-order valence-electron chi connectivity index (χ4n) is 2.21. The first kappa shape index (κ1) is 20.0. The van der Waals surface area contributed by atoms with E-state index in [-0.39, 0.29) is 9.90 Å². The molecule has 0 aliphatic rings. The maximum Gasteiger partial charge on any atom is 0.253 e. The highest BCUT2D eigenvalue weighted by atomic mass is 32.3. The lowest BCUT2D eigenvalue weighted by Crippen LogP contribution is -2.31. The van der Waals surface area contributed by atoms with Gasteiger partial charge >= 0.3 is 0 Å². The van der Waals surface area contributed by atoms with Gasteiger partial charge in [-0.3, -0.25) is 0 Å². The van der Waals surface area contributed by atoms with Gasteiger partial charge in [-0.2, -0.15) is 0 Å². The second kappa shape index (κ2) is 7.50. The van der Waals surface area contributed by atoms with E-state index < -0.39 is 31.4 Å². The molecule has 10 heteroatoms. The maximum absolute atomic E-state index is 12.2. The van der Waals surface area contributed by atoms with Crippen molar-refractivity contribution in [1.29, 1.82) is 0 Å². The number of nitrogens with one attached hydrogen (secondary N) is 1. The summed E-state index contributed by atoms with van der Waals surface area (Å²) in [5, 5.41) is 12.2. The van der Waals surface area contributed by atoms with Crippen molar-refractivity contribution < 1.29 is 21.9 Å². The van der Waals surface area contributed by atoms with Gasteiger partial charge in [0, 0.05) is 5.38 Å². The monoisotopic (exact) mass is 404 g/mol. The second-order valence-electron chi connectivity index (χ2n) is 5.52. The van der Waals surface area contributed by atoms with Gasteiger partial charge in [-0.15, -0.1) is 15.5 Å². The molecular weight excluding hydrogens is 384 g/mol. The maximum atomic E-state index is 12.2. The van der Waals surface area contributed by atoms with Crippen molar-refractivity contribution in [3.8, 4) is 0 Å². The van der Waals surface area contributed by atoms with Gasteiger partial charge in [0.1, 0.15) is 16.4 Å². The first-order chi connectivity index (χ1) is 11.6. The Morgan fingerprint density at radius 3 is 2.28 bits per heavy atom. The molecule has 0 bridgehead atoms. The molecule has 7 nitrogen and oxygen atoms in total. The predicted octanol–water partition coefficient (Wildman–Crippen LogP) is 1.96. The Morgan fingerprint density at radius 2 is 1.72 bits per heavy atom. The Balaban J connectivity index is 2.19. The topological polar surface area (TPSA) is 113 Å². The third-order valence-electron chi connectivity index (χ3n) is 3.80. The standard InChI is InChI=1S/C15H20N2O5S3/c1-3-15(18,4-2)13-10-23-14(16-13)11-24(19,20)17-25(21,22)12-8-6-5-7-9-12/h5-10,17-18H,3-4,11H2,1-2H3. The van der Waals surface area contributed by atoms with E-state index in [9.17, 15) is 21.9 Å². The van der Waals surface area contributed by atoms with Crippen LogP contribution in [0.15, 0.2) is 40.6 Å². The van der Waals surface area contributed by atoms with Gasteiger partial charge in [0.2, 0.25) is 10.0 Å². The number of benzene rings is 1. The van der Waals surface area contributed by atoms with Gasteiger partial charge in [0.15, 0.2) is 0 Å². The van der Waals surface area contributed by atoms with E-state index in [1.54, 1.807) is 15.6 Å². The Morgan fingerprint density at radius 1 is 1.12 bits per heavy atom. The fraction of sp³-hybridized carbons (Fsp3) is 0.400. The lowest BCUT2D eigenvalue weighted by atomic mass is 9.94. The van der Waals surface area contributed by atoms with Crippen molar-refractivity contribution >= 4 is 31.4 Å². The molecule has 0 radical (unpaired) electrons. The first-order valence-electron chi connectivity index (χ1n) is 7.60. The molecule has 2 N–H and O–H groups in total. The summed E-state index contributed by atoms with van der Waals surface area (Å²) in [7, 11) is -8.34. The number of nitrogens with zero attached hydrogens (tertiary/aromatic N) is 1. The van der Waals surface area contributed by atoms with Crippen molar-refractivity contribution in [3.63, 3.8) is 0 Å². The summed E-state index contributed by atoms with van der Waals surface area (Å²) < 4.78 is 50.4. The number of hydrogen-bond donors (Lipinski definition) is 2. The first-order valence-corrected chi connectivity index (χ1v) is 11.6. The summed E-state index contributed by atoms with van der Waals surface area (Å²) in [5.41, 5.74) is -0.708. The van der Waals surface area contributed by atoms with Crippen LogP contribution in [0.3, 0.4) is 0 Å². The van der Waals surface area contributed by atoms with Crippen LogP contribution in [0.4, 0.5) is 0 Å². The third-order valence-corrected chi connectivity index (χ3v) is 8.27. The average molecular weight is 405 g/mol. The molecular formula is C15H20N2O5S3. The summed E-state index contributed by atoms with van der Waals surface area (Å²) in [6.07, 6.45) is 0.889. The van der Waals surface area contributed by atoms with Crippen LogP contribution in [0.2, 0.25) is 0 Å². The minimum atomic E-state index is -4.18. The Kier molecular flexibility index (Phi) is 6.00. The van der Waals surface area contributed by atoms with E-state index in [2.05, 4.69) is 4.98 Å². The summed E-state index contributed by atoms with van der Waals surface area (Å²) in [6.45, 7) is 3.63. The highest BCUT2D eigenvalue weighted by Crippen LogP contribution is 2.29. The van der Waals surface area contributed by atoms with E-state index in [0.29, 0.717) is 18.5 Å². The normalized spacial score (nSPS) is 13.1. The Labute approximate surface area is 151 Å².